The minimum Gasteiger partial charge on any atom is -0.292 e. The van der Waals surface area contributed by atoms with Crippen LogP contribution in [0.1, 0.15) is 25.3 Å². The molecular formula is C44H32N2S. The second-order valence-corrected chi connectivity index (χ2v) is 13.6. The van der Waals surface area contributed by atoms with Crippen LogP contribution in [0.5, 0.6) is 0 Å². The average molecular weight is 621 g/mol. The maximum atomic E-state index is 5.56. The molecule has 0 spiro atoms. The molecule has 0 radical (unpaired) electrons. The highest BCUT2D eigenvalue weighted by molar-refractivity contribution is 7.26. The summed E-state index contributed by atoms with van der Waals surface area (Å²) in [6.45, 7) is 4.54. The topological polar surface area (TPSA) is 17.8 Å². The number of benzene rings is 7. The Morgan fingerprint density at radius 1 is 0.574 bits per heavy atom. The van der Waals surface area contributed by atoms with Crippen molar-refractivity contribution in [3.63, 3.8) is 0 Å². The van der Waals surface area contributed by atoms with Crippen molar-refractivity contribution >= 4 is 53.3 Å². The molecule has 0 amide bonds. The fraction of sp³-hybridized carbons (Fsp3) is 0.0682. The van der Waals surface area contributed by atoms with Gasteiger partial charge in [0.2, 0.25) is 0 Å². The van der Waals surface area contributed by atoms with Crippen molar-refractivity contribution in [2.24, 2.45) is 0 Å². The average Bonchev–Trinajstić information content (AvgIpc) is 3.71. The zero-order valence-corrected chi connectivity index (χ0v) is 27.1. The first-order valence-corrected chi connectivity index (χ1v) is 17.1. The zero-order valence-electron chi connectivity index (χ0n) is 26.3. The molecule has 0 aliphatic heterocycles. The van der Waals surface area contributed by atoms with E-state index in [1.807, 2.05) is 11.3 Å². The van der Waals surface area contributed by atoms with Gasteiger partial charge >= 0.3 is 0 Å². The van der Waals surface area contributed by atoms with Gasteiger partial charge in [-0.05, 0) is 57.8 Å². The van der Waals surface area contributed by atoms with Crippen molar-refractivity contribution in [3.8, 4) is 39.3 Å². The smallest absolute Gasteiger partial charge is 0.147 e. The second kappa shape index (κ2) is 11.1. The van der Waals surface area contributed by atoms with Gasteiger partial charge in [0.25, 0.3) is 0 Å². The third kappa shape index (κ3) is 4.50. The number of fused-ring (bicyclic) bond motifs is 6. The molecular weight excluding hydrogens is 589 g/mol. The molecule has 224 valence electrons. The number of nitrogens with zero attached hydrogens (tertiary/aromatic N) is 2. The predicted octanol–water partition coefficient (Wildman–Crippen LogP) is 12.7. The highest BCUT2D eigenvalue weighted by Gasteiger charge is 2.23. The number of thiophene rings is 1. The van der Waals surface area contributed by atoms with E-state index in [1.165, 1.54) is 53.4 Å². The van der Waals surface area contributed by atoms with Crippen molar-refractivity contribution < 1.29 is 0 Å². The van der Waals surface area contributed by atoms with Crippen molar-refractivity contribution in [1.29, 1.82) is 0 Å². The Bertz CT molecular complexity index is 2590. The molecule has 0 saturated heterocycles. The van der Waals surface area contributed by atoms with Gasteiger partial charge < -0.3 is 0 Å². The molecule has 3 heteroatoms. The molecule has 0 fully saturated rings. The molecule has 2 nitrogen and oxygen atoms in total. The SMILES string of the molecule is CC(C)c1ccc2c(c1)sc1c(-c3nc4c5ccccc5ccc4n3-c3ccccc3-c3ccccc3)ccc(-c3ccccc3)c12. The molecule has 0 atom stereocenters. The van der Waals surface area contributed by atoms with Gasteiger partial charge in [-0.15, -0.1) is 11.3 Å². The van der Waals surface area contributed by atoms with Crippen LogP contribution in [-0.4, -0.2) is 9.55 Å². The monoisotopic (exact) mass is 620 g/mol. The van der Waals surface area contributed by atoms with Crippen LogP contribution in [0.4, 0.5) is 0 Å². The maximum Gasteiger partial charge on any atom is 0.147 e. The number of hydrogen-bond acceptors (Lipinski definition) is 2. The lowest BCUT2D eigenvalue weighted by Crippen LogP contribution is -2.00. The van der Waals surface area contributed by atoms with Gasteiger partial charge in [0.1, 0.15) is 5.82 Å². The van der Waals surface area contributed by atoms with E-state index in [1.54, 1.807) is 0 Å². The normalized spacial score (nSPS) is 11.8. The summed E-state index contributed by atoms with van der Waals surface area (Å²) in [7, 11) is 0. The minimum absolute atomic E-state index is 0.463. The molecule has 47 heavy (non-hydrogen) atoms. The van der Waals surface area contributed by atoms with Crippen molar-refractivity contribution in [2.45, 2.75) is 19.8 Å². The molecule has 7 aromatic carbocycles. The lowest BCUT2D eigenvalue weighted by Gasteiger charge is -2.16. The third-order valence-corrected chi connectivity index (χ3v) is 10.6. The van der Waals surface area contributed by atoms with E-state index in [0.29, 0.717) is 5.92 Å². The fourth-order valence-corrected chi connectivity index (χ4v) is 8.34. The molecule has 0 bridgehead atoms. The zero-order chi connectivity index (χ0) is 31.5. The largest absolute Gasteiger partial charge is 0.292 e. The van der Waals surface area contributed by atoms with Gasteiger partial charge in [0.15, 0.2) is 0 Å². The Labute approximate surface area is 278 Å². The first-order chi connectivity index (χ1) is 23.2. The summed E-state index contributed by atoms with van der Waals surface area (Å²) in [5, 5.41) is 4.95. The molecule has 9 rings (SSSR count). The van der Waals surface area contributed by atoms with Gasteiger partial charge in [-0.3, -0.25) is 4.57 Å². The summed E-state index contributed by atoms with van der Waals surface area (Å²) >= 11 is 1.89. The summed E-state index contributed by atoms with van der Waals surface area (Å²) in [5.74, 6) is 1.42. The van der Waals surface area contributed by atoms with Crippen molar-refractivity contribution in [1.82, 2.24) is 9.55 Å². The predicted molar refractivity (Wildman–Crippen MR) is 202 cm³/mol. The molecule has 2 heterocycles. The number of para-hydroxylation sites is 1. The lowest BCUT2D eigenvalue weighted by molar-refractivity contribution is 0.869. The van der Waals surface area contributed by atoms with Crippen molar-refractivity contribution in [3.05, 3.63) is 157 Å². The Hall–Kier alpha value is -5.51. The molecule has 2 aromatic heterocycles. The van der Waals surface area contributed by atoms with E-state index >= 15 is 0 Å². The van der Waals surface area contributed by atoms with Gasteiger partial charge in [-0.2, -0.15) is 0 Å². The lowest BCUT2D eigenvalue weighted by atomic mass is 9.95. The third-order valence-electron chi connectivity index (χ3n) is 9.42. The maximum absolute atomic E-state index is 5.56. The quantitative estimate of drug-likeness (QED) is 0.187. The summed E-state index contributed by atoms with van der Waals surface area (Å²) in [6, 6.07) is 54.9. The van der Waals surface area contributed by atoms with Crippen molar-refractivity contribution in [2.75, 3.05) is 0 Å². The minimum atomic E-state index is 0.463. The highest BCUT2D eigenvalue weighted by atomic mass is 32.1. The van der Waals surface area contributed by atoms with Crippen LogP contribution in [0.15, 0.2) is 152 Å². The van der Waals surface area contributed by atoms with Crippen LogP contribution < -0.4 is 0 Å². The number of rotatable bonds is 5. The second-order valence-electron chi connectivity index (χ2n) is 12.6. The summed E-state index contributed by atoms with van der Waals surface area (Å²) in [5.41, 5.74) is 10.6. The van der Waals surface area contributed by atoms with Crippen LogP contribution in [0, 0.1) is 0 Å². The number of imidazole rings is 1. The first kappa shape index (κ1) is 27.8. The molecule has 0 aliphatic rings. The van der Waals surface area contributed by atoms with Crippen LogP contribution >= 0.6 is 11.3 Å². The van der Waals surface area contributed by atoms with Gasteiger partial charge in [-0.25, -0.2) is 4.98 Å². The van der Waals surface area contributed by atoms with E-state index < -0.39 is 0 Å². The standard InChI is InChI=1S/C44H32N2S/c1-28(2)32-21-23-36-40(27-32)47-43-37(25-24-34(41(36)43)30-15-7-4-8-16-30)44-45-42-35-19-10-9-17-31(35)22-26-39(42)46(44)38-20-12-11-18-33(38)29-13-5-3-6-14-29/h3-28H,1-2H3. The van der Waals surface area contributed by atoms with E-state index in [-0.39, 0.29) is 0 Å². The van der Waals surface area contributed by atoms with Crippen LogP contribution in [0.3, 0.4) is 0 Å². The van der Waals surface area contributed by atoms with E-state index in [4.69, 9.17) is 4.98 Å². The van der Waals surface area contributed by atoms with E-state index in [9.17, 15) is 0 Å². The fourth-order valence-electron chi connectivity index (χ4n) is 7.06. The number of hydrogen-bond donors (Lipinski definition) is 0. The van der Waals surface area contributed by atoms with E-state index in [2.05, 4.69) is 170 Å². The van der Waals surface area contributed by atoms with Crippen LogP contribution in [0.25, 0.3) is 81.3 Å². The van der Waals surface area contributed by atoms with Gasteiger partial charge in [0, 0.05) is 36.7 Å². The van der Waals surface area contributed by atoms with E-state index in [0.717, 1.165) is 33.5 Å². The molecule has 0 saturated carbocycles. The summed E-state index contributed by atoms with van der Waals surface area (Å²) in [4.78, 5) is 5.56. The Morgan fingerprint density at radius 3 is 2.04 bits per heavy atom. The molecule has 0 aliphatic carbocycles. The first-order valence-electron chi connectivity index (χ1n) is 16.3. The molecule has 0 N–H and O–H groups in total. The Balaban J connectivity index is 1.42. The highest BCUT2D eigenvalue weighted by Crippen LogP contribution is 2.47. The Kier molecular flexibility index (Phi) is 6.55. The van der Waals surface area contributed by atoms with Gasteiger partial charge in [0.05, 0.1) is 16.7 Å². The summed E-state index contributed by atoms with van der Waals surface area (Å²) in [6.07, 6.45) is 0. The molecule has 9 aromatic rings. The van der Waals surface area contributed by atoms with Crippen LogP contribution in [0.2, 0.25) is 0 Å². The number of aromatic nitrogens is 2. The van der Waals surface area contributed by atoms with Gasteiger partial charge in [-0.1, -0.05) is 141 Å². The molecule has 0 unspecified atom stereocenters. The summed E-state index contributed by atoms with van der Waals surface area (Å²) < 4.78 is 4.97. The Morgan fingerprint density at radius 2 is 1.26 bits per heavy atom. The van der Waals surface area contributed by atoms with Crippen LogP contribution in [-0.2, 0) is 0 Å².